The topological polar surface area (TPSA) is 62.7 Å². The summed E-state index contributed by atoms with van der Waals surface area (Å²) < 4.78 is 17.4. The second kappa shape index (κ2) is 10.8. The lowest BCUT2D eigenvalue weighted by Gasteiger charge is -2.31. The molecule has 1 aliphatic carbocycles. The lowest BCUT2D eigenvalue weighted by atomic mass is 9.95. The third-order valence-corrected chi connectivity index (χ3v) is 5.82. The first-order valence-corrected chi connectivity index (χ1v) is 9.19. The zero-order chi connectivity index (χ0) is 15.9. The number of ether oxygens (including phenoxy) is 1. The van der Waals surface area contributed by atoms with E-state index in [2.05, 4.69) is 15.6 Å². The Labute approximate surface area is 154 Å². The van der Waals surface area contributed by atoms with E-state index in [1.165, 1.54) is 0 Å². The van der Waals surface area contributed by atoms with Gasteiger partial charge in [0.15, 0.2) is 5.96 Å². The van der Waals surface area contributed by atoms with E-state index in [4.69, 9.17) is 4.74 Å². The van der Waals surface area contributed by atoms with E-state index in [-0.39, 0.29) is 29.6 Å². The molecule has 0 aromatic heterocycles. The number of rotatable bonds is 6. The molecule has 2 N–H and O–H groups in total. The minimum atomic E-state index is -0.690. The van der Waals surface area contributed by atoms with Crippen molar-refractivity contribution in [2.45, 2.75) is 63.3 Å². The number of aliphatic imine (C=N–C) groups is 1. The van der Waals surface area contributed by atoms with E-state index in [0.29, 0.717) is 17.8 Å². The number of halogens is 1. The number of hydrogen-bond acceptors (Lipinski definition) is 3. The van der Waals surface area contributed by atoms with Crippen molar-refractivity contribution in [1.82, 2.24) is 10.6 Å². The van der Waals surface area contributed by atoms with Crippen LogP contribution in [-0.2, 0) is 15.5 Å². The fraction of sp³-hybridized carbons (Fsp3) is 0.933. The molecule has 1 fully saturated rings. The van der Waals surface area contributed by atoms with E-state index < -0.39 is 10.8 Å². The molecule has 0 bridgehead atoms. The van der Waals surface area contributed by atoms with Crippen molar-refractivity contribution >= 4 is 40.7 Å². The van der Waals surface area contributed by atoms with E-state index in [9.17, 15) is 4.21 Å². The maximum atomic E-state index is 12.0. The molecule has 1 aliphatic rings. The van der Waals surface area contributed by atoms with Gasteiger partial charge < -0.3 is 15.4 Å². The zero-order valence-electron chi connectivity index (χ0n) is 14.5. The SMILES string of the molecule is CCS(=O)C1CCCC(NC(=NC)NCC(C)(C)OC)C1.I. The van der Waals surface area contributed by atoms with Crippen molar-refractivity contribution in [1.29, 1.82) is 0 Å². The summed E-state index contributed by atoms with van der Waals surface area (Å²) in [5.41, 5.74) is -0.226. The molecule has 1 rings (SSSR count). The molecule has 0 amide bonds. The average molecular weight is 445 g/mol. The molecule has 22 heavy (non-hydrogen) atoms. The quantitative estimate of drug-likeness (QED) is 0.374. The largest absolute Gasteiger partial charge is 0.377 e. The van der Waals surface area contributed by atoms with E-state index >= 15 is 0 Å². The normalized spacial score (nSPS) is 24.3. The van der Waals surface area contributed by atoms with E-state index in [1.807, 2.05) is 20.8 Å². The summed E-state index contributed by atoms with van der Waals surface area (Å²) in [5, 5.41) is 7.09. The Morgan fingerprint density at radius 1 is 1.41 bits per heavy atom. The second-order valence-corrected chi connectivity index (χ2v) is 8.19. The Balaban J connectivity index is 0.00000441. The first-order valence-electron chi connectivity index (χ1n) is 7.81. The predicted octanol–water partition coefficient (Wildman–Crippen LogP) is 2.27. The molecule has 0 saturated heterocycles. The van der Waals surface area contributed by atoms with Crippen LogP contribution in [0.4, 0.5) is 0 Å². The highest BCUT2D eigenvalue weighted by atomic mass is 127. The van der Waals surface area contributed by atoms with Gasteiger partial charge in [-0.05, 0) is 33.1 Å². The van der Waals surface area contributed by atoms with Crippen LogP contribution in [0.5, 0.6) is 0 Å². The van der Waals surface area contributed by atoms with Crippen LogP contribution in [0, 0.1) is 0 Å². The van der Waals surface area contributed by atoms with Crippen molar-refractivity contribution in [3.63, 3.8) is 0 Å². The molecular weight excluding hydrogens is 413 g/mol. The third kappa shape index (κ3) is 7.59. The van der Waals surface area contributed by atoms with Crippen molar-refractivity contribution in [2.24, 2.45) is 4.99 Å². The summed E-state index contributed by atoms with van der Waals surface area (Å²) in [6.45, 7) is 6.77. The van der Waals surface area contributed by atoms with Crippen molar-refractivity contribution in [2.75, 3.05) is 26.5 Å². The lowest BCUT2D eigenvalue weighted by Crippen LogP contribution is -2.50. The van der Waals surface area contributed by atoms with Crippen molar-refractivity contribution in [3.05, 3.63) is 0 Å². The highest BCUT2D eigenvalue weighted by molar-refractivity contribution is 14.0. The second-order valence-electron chi connectivity index (χ2n) is 6.19. The van der Waals surface area contributed by atoms with Crippen LogP contribution in [0.15, 0.2) is 4.99 Å². The van der Waals surface area contributed by atoms with Crippen molar-refractivity contribution < 1.29 is 8.95 Å². The molecule has 0 spiro atoms. The van der Waals surface area contributed by atoms with Gasteiger partial charge >= 0.3 is 0 Å². The number of nitrogens with one attached hydrogen (secondary N) is 2. The van der Waals surface area contributed by atoms with Gasteiger partial charge in [0, 0.05) is 48.5 Å². The van der Waals surface area contributed by atoms with Gasteiger partial charge in [0.1, 0.15) is 0 Å². The van der Waals surface area contributed by atoms with Crippen LogP contribution in [0.2, 0.25) is 0 Å². The number of hydrogen-bond donors (Lipinski definition) is 2. The van der Waals surface area contributed by atoms with Crippen molar-refractivity contribution in [3.8, 4) is 0 Å². The molecule has 0 aromatic carbocycles. The van der Waals surface area contributed by atoms with Gasteiger partial charge in [0.2, 0.25) is 0 Å². The Bertz CT molecular complexity index is 378. The molecular formula is C15H32IN3O2S. The molecule has 1 saturated carbocycles. The number of nitrogens with zero attached hydrogens (tertiary/aromatic N) is 1. The Hall–Kier alpha value is 0.110. The molecule has 0 aromatic rings. The van der Waals surface area contributed by atoms with Crippen LogP contribution < -0.4 is 10.6 Å². The predicted molar refractivity (Wildman–Crippen MR) is 106 cm³/mol. The summed E-state index contributed by atoms with van der Waals surface area (Å²) in [4.78, 5) is 4.27. The fourth-order valence-electron chi connectivity index (χ4n) is 2.51. The summed E-state index contributed by atoms with van der Waals surface area (Å²) >= 11 is 0. The molecule has 7 heteroatoms. The minimum Gasteiger partial charge on any atom is -0.377 e. The standard InChI is InChI=1S/C15H31N3O2S.HI/c1-6-21(19)13-9-7-8-12(10-13)18-14(16-4)17-11-15(2,3)20-5;/h12-13H,6-11H2,1-5H3,(H2,16,17,18);1H. The van der Waals surface area contributed by atoms with Gasteiger partial charge in [-0.25, -0.2) is 0 Å². The molecule has 0 aliphatic heterocycles. The molecule has 0 heterocycles. The summed E-state index contributed by atoms with van der Waals surface area (Å²) in [6, 6.07) is 0.358. The maximum absolute atomic E-state index is 12.0. The zero-order valence-corrected chi connectivity index (χ0v) is 17.6. The molecule has 3 atom stereocenters. The molecule has 0 radical (unpaired) electrons. The summed E-state index contributed by atoms with van der Waals surface area (Å²) in [5.74, 6) is 1.56. The van der Waals surface area contributed by atoms with Crippen LogP contribution in [0.25, 0.3) is 0 Å². The van der Waals surface area contributed by atoms with Crippen LogP contribution in [0.3, 0.4) is 0 Å². The third-order valence-electron chi connectivity index (χ3n) is 4.08. The molecule has 5 nitrogen and oxygen atoms in total. The molecule has 3 unspecified atom stereocenters. The minimum absolute atomic E-state index is 0. The van der Waals surface area contributed by atoms with Crippen LogP contribution in [0.1, 0.15) is 46.5 Å². The lowest BCUT2D eigenvalue weighted by molar-refractivity contribution is 0.0267. The van der Waals surface area contributed by atoms with Gasteiger partial charge in [-0.1, -0.05) is 13.3 Å². The van der Waals surface area contributed by atoms with Crippen LogP contribution in [-0.4, -0.2) is 53.5 Å². The first-order chi connectivity index (χ1) is 9.91. The van der Waals surface area contributed by atoms with Gasteiger partial charge in [-0.15, -0.1) is 24.0 Å². The van der Waals surface area contributed by atoms with Gasteiger partial charge in [-0.3, -0.25) is 9.20 Å². The maximum Gasteiger partial charge on any atom is 0.191 e. The van der Waals surface area contributed by atoms with Gasteiger partial charge in [0.05, 0.1) is 5.60 Å². The Kier molecular flexibility index (Phi) is 10.9. The smallest absolute Gasteiger partial charge is 0.191 e. The monoisotopic (exact) mass is 445 g/mol. The van der Waals surface area contributed by atoms with Gasteiger partial charge in [0.25, 0.3) is 0 Å². The summed E-state index contributed by atoms with van der Waals surface area (Å²) in [6.07, 6.45) is 4.30. The fourth-order valence-corrected chi connectivity index (χ4v) is 3.86. The molecule has 132 valence electrons. The van der Waals surface area contributed by atoms with E-state index in [0.717, 1.165) is 37.4 Å². The number of methoxy groups -OCH3 is 1. The van der Waals surface area contributed by atoms with Gasteiger partial charge in [-0.2, -0.15) is 0 Å². The highest BCUT2D eigenvalue weighted by Crippen LogP contribution is 2.22. The van der Waals surface area contributed by atoms with E-state index in [1.54, 1.807) is 14.2 Å². The average Bonchev–Trinajstić information content (AvgIpc) is 2.50. The first kappa shape index (κ1) is 22.1. The summed E-state index contributed by atoms with van der Waals surface area (Å²) in [7, 11) is 2.80. The Morgan fingerprint density at radius 3 is 2.64 bits per heavy atom. The highest BCUT2D eigenvalue weighted by Gasteiger charge is 2.26. The number of guanidine groups is 1. The Morgan fingerprint density at radius 2 is 2.09 bits per heavy atom. The van der Waals surface area contributed by atoms with Crippen LogP contribution >= 0.6 is 24.0 Å².